The van der Waals surface area contributed by atoms with Crippen molar-refractivity contribution in [2.45, 2.75) is 44.1 Å². The van der Waals surface area contributed by atoms with Gasteiger partial charge in [0, 0.05) is 37.0 Å². The fourth-order valence-corrected chi connectivity index (χ4v) is 4.54. The van der Waals surface area contributed by atoms with Gasteiger partial charge in [0.2, 0.25) is 17.8 Å². The number of nitrogens with one attached hydrogen (secondary N) is 2. The number of anilines is 3. The molecule has 1 aliphatic rings. The molecule has 3 aromatic rings. The lowest BCUT2D eigenvalue weighted by Gasteiger charge is -2.27. The molecule has 0 radical (unpaired) electrons. The minimum absolute atomic E-state index is 0.0953. The highest BCUT2D eigenvalue weighted by Gasteiger charge is 2.23. The van der Waals surface area contributed by atoms with Crippen LogP contribution in [0, 0.1) is 0 Å². The molecule has 0 saturated carbocycles. The van der Waals surface area contributed by atoms with E-state index >= 15 is 0 Å². The van der Waals surface area contributed by atoms with Crippen molar-refractivity contribution in [1.29, 1.82) is 0 Å². The van der Waals surface area contributed by atoms with Gasteiger partial charge >= 0.3 is 11.9 Å². The normalized spacial score (nSPS) is 14.9. The number of benzene rings is 2. The zero-order valence-corrected chi connectivity index (χ0v) is 21.6. The number of hydrogen-bond acceptors (Lipinski definition) is 8. The standard InChI is InChI=1S/C27H31ClN6O4/c28-21-11-9-19(10-12-21)20(16-23(35)36)17-29-25-31-26(33-27(32-25)34-13-5-2-6-14-34)30-22(24(37)38)15-18-7-3-1-4-8-18/h1,3-4,7-12,20,22H,2,5-6,13-17H2,(H,35,36)(H,37,38)(H2,29,30,31,32,33)/t20-,22-/m0/s1. The van der Waals surface area contributed by atoms with Crippen LogP contribution in [0.15, 0.2) is 54.6 Å². The predicted octanol–water partition coefficient (Wildman–Crippen LogP) is 4.29. The van der Waals surface area contributed by atoms with E-state index in [1.807, 2.05) is 30.3 Å². The summed E-state index contributed by atoms with van der Waals surface area (Å²) in [4.78, 5) is 39.2. The number of aliphatic carboxylic acids is 2. The number of nitrogens with zero attached hydrogens (tertiary/aromatic N) is 4. The van der Waals surface area contributed by atoms with Crippen LogP contribution in [0.1, 0.15) is 42.7 Å². The largest absolute Gasteiger partial charge is 0.481 e. The molecule has 0 aliphatic carbocycles. The van der Waals surface area contributed by atoms with Gasteiger partial charge in [-0.25, -0.2) is 4.79 Å². The summed E-state index contributed by atoms with van der Waals surface area (Å²) in [5.74, 6) is -1.46. The second-order valence-corrected chi connectivity index (χ2v) is 9.72. The third-order valence-corrected chi connectivity index (χ3v) is 6.67. The van der Waals surface area contributed by atoms with Crippen LogP contribution in [-0.2, 0) is 16.0 Å². The Bertz CT molecular complexity index is 1220. The Kier molecular flexibility index (Phi) is 9.31. The Morgan fingerprint density at radius 1 is 0.921 bits per heavy atom. The van der Waals surface area contributed by atoms with Crippen LogP contribution in [0.5, 0.6) is 0 Å². The van der Waals surface area contributed by atoms with E-state index in [4.69, 9.17) is 11.6 Å². The van der Waals surface area contributed by atoms with E-state index in [9.17, 15) is 19.8 Å². The molecule has 2 atom stereocenters. The van der Waals surface area contributed by atoms with Crippen molar-refractivity contribution in [1.82, 2.24) is 15.0 Å². The predicted molar refractivity (Wildman–Crippen MR) is 146 cm³/mol. The molecule has 11 heteroatoms. The van der Waals surface area contributed by atoms with E-state index in [1.54, 1.807) is 24.3 Å². The molecule has 4 N–H and O–H groups in total. The molecule has 0 amide bonds. The minimum atomic E-state index is -1.02. The van der Waals surface area contributed by atoms with Crippen LogP contribution in [0.2, 0.25) is 5.02 Å². The van der Waals surface area contributed by atoms with Gasteiger partial charge in [0.1, 0.15) is 6.04 Å². The first-order valence-electron chi connectivity index (χ1n) is 12.6. The van der Waals surface area contributed by atoms with E-state index in [1.165, 1.54) is 0 Å². The van der Waals surface area contributed by atoms with E-state index in [2.05, 4.69) is 30.5 Å². The van der Waals surface area contributed by atoms with Crippen LogP contribution >= 0.6 is 11.6 Å². The van der Waals surface area contributed by atoms with Crippen LogP contribution < -0.4 is 15.5 Å². The maximum atomic E-state index is 12.1. The van der Waals surface area contributed by atoms with Gasteiger partial charge in [-0.05, 0) is 42.5 Å². The number of piperidine rings is 1. The van der Waals surface area contributed by atoms with Crippen LogP contribution in [0.25, 0.3) is 0 Å². The lowest BCUT2D eigenvalue weighted by Crippen LogP contribution is -2.34. The van der Waals surface area contributed by atoms with Crippen molar-refractivity contribution >= 4 is 41.4 Å². The number of carboxylic acids is 2. The number of hydrogen-bond donors (Lipinski definition) is 4. The van der Waals surface area contributed by atoms with E-state index < -0.39 is 18.0 Å². The number of aromatic nitrogens is 3. The van der Waals surface area contributed by atoms with Crippen molar-refractivity contribution in [3.8, 4) is 0 Å². The van der Waals surface area contributed by atoms with Crippen molar-refractivity contribution in [3.63, 3.8) is 0 Å². The highest BCUT2D eigenvalue weighted by atomic mass is 35.5. The fourth-order valence-electron chi connectivity index (χ4n) is 4.42. The van der Waals surface area contributed by atoms with Crippen LogP contribution in [0.3, 0.4) is 0 Å². The molecule has 0 unspecified atom stereocenters. The van der Waals surface area contributed by atoms with Gasteiger partial charge in [-0.3, -0.25) is 4.79 Å². The molecule has 1 saturated heterocycles. The van der Waals surface area contributed by atoms with Gasteiger partial charge in [-0.15, -0.1) is 0 Å². The van der Waals surface area contributed by atoms with Crippen molar-refractivity contribution in [2.24, 2.45) is 0 Å². The zero-order valence-electron chi connectivity index (χ0n) is 20.9. The van der Waals surface area contributed by atoms with Crippen molar-refractivity contribution in [2.75, 3.05) is 35.2 Å². The summed E-state index contributed by atoms with van der Waals surface area (Å²) in [6.45, 7) is 1.84. The third kappa shape index (κ3) is 7.79. The molecular formula is C27H31ClN6O4. The summed E-state index contributed by atoms with van der Waals surface area (Å²) in [5, 5.41) is 26.0. The first kappa shape index (κ1) is 27.1. The summed E-state index contributed by atoms with van der Waals surface area (Å²) < 4.78 is 0. The maximum Gasteiger partial charge on any atom is 0.326 e. The summed E-state index contributed by atoms with van der Waals surface area (Å²) in [5.41, 5.74) is 1.69. The molecule has 0 spiro atoms. The Hall–Kier alpha value is -3.92. The SMILES string of the molecule is O=C(O)C[C@@H](CNc1nc(N[C@@H](Cc2ccccc2)C(=O)O)nc(N2CCCCC2)n1)c1ccc(Cl)cc1. The smallest absolute Gasteiger partial charge is 0.326 e. The topological polar surface area (TPSA) is 141 Å². The lowest BCUT2D eigenvalue weighted by molar-refractivity contribution is -0.138. The van der Waals surface area contributed by atoms with Gasteiger partial charge in [0.15, 0.2) is 0 Å². The molecule has 38 heavy (non-hydrogen) atoms. The molecule has 200 valence electrons. The first-order chi connectivity index (χ1) is 18.4. The monoisotopic (exact) mass is 538 g/mol. The summed E-state index contributed by atoms with van der Waals surface area (Å²) >= 11 is 6.01. The van der Waals surface area contributed by atoms with Crippen LogP contribution in [0.4, 0.5) is 17.8 Å². The van der Waals surface area contributed by atoms with Crippen molar-refractivity contribution in [3.05, 3.63) is 70.7 Å². The second-order valence-electron chi connectivity index (χ2n) is 9.28. The summed E-state index contributed by atoms with van der Waals surface area (Å²) in [6.07, 6.45) is 3.32. The highest BCUT2D eigenvalue weighted by molar-refractivity contribution is 6.30. The molecule has 0 bridgehead atoms. The number of rotatable bonds is 12. The van der Waals surface area contributed by atoms with Crippen LogP contribution in [-0.4, -0.2) is 62.8 Å². The third-order valence-electron chi connectivity index (χ3n) is 6.42. The fraction of sp³-hybridized carbons (Fsp3) is 0.370. The molecule has 2 heterocycles. The van der Waals surface area contributed by atoms with Gasteiger partial charge in [-0.1, -0.05) is 54.1 Å². The molecular weight excluding hydrogens is 508 g/mol. The molecule has 2 aromatic carbocycles. The van der Waals surface area contributed by atoms with Crippen molar-refractivity contribution < 1.29 is 19.8 Å². The molecule has 10 nitrogen and oxygen atoms in total. The second kappa shape index (κ2) is 13.0. The minimum Gasteiger partial charge on any atom is -0.481 e. The number of halogens is 1. The maximum absolute atomic E-state index is 12.1. The Balaban J connectivity index is 1.57. The quantitative estimate of drug-likeness (QED) is 0.264. The zero-order chi connectivity index (χ0) is 26.9. The van der Waals surface area contributed by atoms with Gasteiger partial charge in [0.25, 0.3) is 0 Å². The Morgan fingerprint density at radius 2 is 1.61 bits per heavy atom. The van der Waals surface area contributed by atoms with E-state index in [-0.39, 0.29) is 37.2 Å². The molecule has 1 aliphatic heterocycles. The molecule has 4 rings (SSSR count). The Morgan fingerprint density at radius 3 is 2.26 bits per heavy atom. The summed E-state index contributed by atoms with van der Waals surface area (Å²) in [7, 11) is 0. The lowest BCUT2D eigenvalue weighted by atomic mass is 9.96. The first-order valence-corrected chi connectivity index (χ1v) is 13.0. The van der Waals surface area contributed by atoms with E-state index in [0.29, 0.717) is 11.0 Å². The highest BCUT2D eigenvalue weighted by Crippen LogP contribution is 2.24. The molecule has 1 aromatic heterocycles. The average molecular weight is 539 g/mol. The molecule has 1 fully saturated rings. The van der Waals surface area contributed by atoms with Gasteiger partial charge in [0.05, 0.1) is 6.42 Å². The number of carboxylic acid groups (broad SMARTS) is 2. The Labute approximate surface area is 226 Å². The average Bonchev–Trinajstić information content (AvgIpc) is 2.92. The van der Waals surface area contributed by atoms with Gasteiger partial charge < -0.3 is 25.7 Å². The summed E-state index contributed by atoms with van der Waals surface area (Å²) in [6, 6.07) is 15.5. The van der Waals surface area contributed by atoms with E-state index in [0.717, 1.165) is 43.5 Å². The number of carbonyl (C=O) groups is 2. The van der Waals surface area contributed by atoms with Gasteiger partial charge in [-0.2, -0.15) is 15.0 Å².